The highest BCUT2D eigenvalue weighted by Gasteiger charge is 2.24. The largest absolute Gasteiger partial charge is 0.493 e. The van der Waals surface area contributed by atoms with Crippen LogP contribution in [0.3, 0.4) is 0 Å². The van der Waals surface area contributed by atoms with Crippen LogP contribution in [0.25, 0.3) is 6.08 Å². The molecule has 0 aromatic heterocycles. The molecule has 2 aromatic rings. The number of ether oxygens (including phenoxy) is 2. The topological polar surface area (TPSA) is 82.9 Å². The van der Waals surface area contributed by atoms with Crippen molar-refractivity contribution in [3.63, 3.8) is 0 Å². The van der Waals surface area contributed by atoms with E-state index in [1.54, 1.807) is 17.0 Å². The standard InChI is InChI=1S/C23H22BrN3O4/c1-16(28)31-22-14-20(24)17(13-21(22)30-2)12-18(15-25)23(29)27-10-8-26(9-11-27)19-6-4-3-5-7-19/h3-7,12-14H,8-11H2,1-2H3/b18-12-. The molecular formula is C23H22BrN3O4. The zero-order valence-corrected chi connectivity index (χ0v) is 18.9. The van der Waals surface area contributed by atoms with Gasteiger partial charge in [0.25, 0.3) is 5.91 Å². The Morgan fingerprint density at radius 2 is 1.77 bits per heavy atom. The molecule has 8 heteroatoms. The van der Waals surface area contributed by atoms with Gasteiger partial charge in [-0.3, -0.25) is 9.59 Å². The third-order valence-electron chi connectivity index (χ3n) is 4.88. The molecule has 0 spiro atoms. The molecule has 1 aliphatic rings. The molecule has 31 heavy (non-hydrogen) atoms. The van der Waals surface area contributed by atoms with E-state index in [0.717, 1.165) is 5.69 Å². The van der Waals surface area contributed by atoms with Crippen LogP contribution in [-0.4, -0.2) is 50.1 Å². The maximum absolute atomic E-state index is 13.0. The molecule has 0 radical (unpaired) electrons. The van der Waals surface area contributed by atoms with E-state index >= 15 is 0 Å². The van der Waals surface area contributed by atoms with Crippen molar-refractivity contribution in [1.29, 1.82) is 5.26 Å². The Bertz CT molecular complexity index is 1040. The third-order valence-corrected chi connectivity index (χ3v) is 5.56. The number of anilines is 1. The first kappa shape index (κ1) is 22.4. The molecule has 3 rings (SSSR count). The van der Waals surface area contributed by atoms with E-state index in [0.29, 0.717) is 42.0 Å². The zero-order valence-electron chi connectivity index (χ0n) is 17.3. The number of hydrogen-bond donors (Lipinski definition) is 0. The quantitative estimate of drug-likeness (QED) is 0.279. The van der Waals surface area contributed by atoms with E-state index in [9.17, 15) is 14.9 Å². The first-order chi connectivity index (χ1) is 14.9. The predicted molar refractivity (Wildman–Crippen MR) is 121 cm³/mol. The lowest BCUT2D eigenvalue weighted by Crippen LogP contribution is -2.49. The van der Waals surface area contributed by atoms with Crippen LogP contribution in [0.2, 0.25) is 0 Å². The number of halogens is 1. The van der Waals surface area contributed by atoms with Crippen LogP contribution in [0.1, 0.15) is 12.5 Å². The minimum Gasteiger partial charge on any atom is -0.493 e. The molecule has 1 amide bonds. The van der Waals surface area contributed by atoms with Gasteiger partial charge in [-0.25, -0.2) is 0 Å². The molecule has 1 saturated heterocycles. The van der Waals surface area contributed by atoms with Gasteiger partial charge in [0.15, 0.2) is 11.5 Å². The predicted octanol–water partition coefficient (Wildman–Crippen LogP) is 3.64. The Morgan fingerprint density at radius 3 is 2.35 bits per heavy atom. The second-order valence-electron chi connectivity index (χ2n) is 6.90. The highest BCUT2D eigenvalue weighted by Crippen LogP contribution is 2.35. The van der Waals surface area contributed by atoms with E-state index in [-0.39, 0.29) is 17.2 Å². The van der Waals surface area contributed by atoms with Crippen LogP contribution < -0.4 is 14.4 Å². The Balaban J connectivity index is 1.77. The smallest absolute Gasteiger partial charge is 0.308 e. The number of nitrogens with zero attached hydrogens (tertiary/aromatic N) is 3. The molecule has 0 unspecified atom stereocenters. The fourth-order valence-electron chi connectivity index (χ4n) is 3.33. The fraction of sp³-hybridized carbons (Fsp3) is 0.261. The Morgan fingerprint density at radius 1 is 1.10 bits per heavy atom. The van der Waals surface area contributed by atoms with E-state index in [1.165, 1.54) is 20.1 Å². The summed E-state index contributed by atoms with van der Waals surface area (Å²) in [5.41, 5.74) is 1.71. The lowest BCUT2D eigenvalue weighted by atomic mass is 10.1. The number of carbonyl (C=O) groups excluding carboxylic acids is 2. The normalized spacial score (nSPS) is 14.1. The summed E-state index contributed by atoms with van der Waals surface area (Å²) in [6, 6.07) is 15.2. The summed E-state index contributed by atoms with van der Waals surface area (Å²) >= 11 is 3.40. The van der Waals surface area contributed by atoms with Gasteiger partial charge >= 0.3 is 5.97 Å². The molecule has 1 aliphatic heterocycles. The highest BCUT2D eigenvalue weighted by molar-refractivity contribution is 9.10. The molecule has 1 heterocycles. The fourth-order valence-corrected chi connectivity index (χ4v) is 3.77. The van der Waals surface area contributed by atoms with Crippen LogP contribution >= 0.6 is 15.9 Å². The summed E-state index contributed by atoms with van der Waals surface area (Å²) in [5, 5.41) is 9.62. The third kappa shape index (κ3) is 5.44. The monoisotopic (exact) mass is 483 g/mol. The van der Waals surface area contributed by atoms with Gasteiger partial charge in [-0.1, -0.05) is 34.1 Å². The summed E-state index contributed by atoms with van der Waals surface area (Å²) in [7, 11) is 1.45. The molecule has 7 nitrogen and oxygen atoms in total. The number of carbonyl (C=O) groups is 2. The van der Waals surface area contributed by atoms with Crippen LogP contribution in [0.5, 0.6) is 11.5 Å². The minimum absolute atomic E-state index is 0.0242. The average Bonchev–Trinajstić information content (AvgIpc) is 2.78. The SMILES string of the molecule is COc1cc(/C=C(/C#N)C(=O)N2CCN(c3ccccc3)CC2)c(Br)cc1OC(C)=O. The van der Waals surface area contributed by atoms with Gasteiger partial charge in [-0.15, -0.1) is 0 Å². The number of amides is 1. The molecule has 1 fully saturated rings. The number of esters is 1. The molecule has 0 atom stereocenters. The molecule has 0 N–H and O–H groups in total. The summed E-state index contributed by atoms with van der Waals surface area (Å²) in [6.45, 7) is 3.75. The van der Waals surface area contributed by atoms with Gasteiger partial charge in [0, 0.05) is 43.3 Å². The Hall–Kier alpha value is -3.31. The summed E-state index contributed by atoms with van der Waals surface area (Å²) in [6.07, 6.45) is 1.51. The van der Waals surface area contributed by atoms with Crippen molar-refractivity contribution >= 4 is 39.6 Å². The Labute approximate surface area is 189 Å². The molecule has 0 bridgehead atoms. The van der Waals surface area contributed by atoms with Crippen molar-refractivity contribution in [1.82, 2.24) is 4.90 Å². The second-order valence-corrected chi connectivity index (χ2v) is 7.76. The maximum Gasteiger partial charge on any atom is 0.308 e. The number of methoxy groups -OCH3 is 1. The first-order valence-electron chi connectivity index (χ1n) is 9.70. The van der Waals surface area contributed by atoms with Crippen molar-refractivity contribution < 1.29 is 19.1 Å². The summed E-state index contributed by atoms with van der Waals surface area (Å²) in [4.78, 5) is 28.1. The second kappa shape index (κ2) is 10.1. The van der Waals surface area contributed by atoms with Gasteiger partial charge < -0.3 is 19.3 Å². The van der Waals surface area contributed by atoms with Gasteiger partial charge in [-0.05, 0) is 35.9 Å². The number of piperazine rings is 1. The summed E-state index contributed by atoms with van der Waals surface area (Å²) < 4.78 is 11.0. The lowest BCUT2D eigenvalue weighted by Gasteiger charge is -2.36. The molecule has 0 saturated carbocycles. The maximum atomic E-state index is 13.0. The van der Waals surface area contributed by atoms with Crippen molar-refractivity contribution in [2.75, 3.05) is 38.2 Å². The van der Waals surface area contributed by atoms with Crippen LogP contribution in [-0.2, 0) is 9.59 Å². The van der Waals surface area contributed by atoms with Crippen LogP contribution in [0.4, 0.5) is 5.69 Å². The molecule has 0 aliphatic carbocycles. The number of benzene rings is 2. The lowest BCUT2D eigenvalue weighted by molar-refractivity contribution is -0.132. The van der Waals surface area contributed by atoms with E-state index in [2.05, 4.69) is 20.8 Å². The minimum atomic E-state index is -0.476. The van der Waals surface area contributed by atoms with Gasteiger partial charge in [0.05, 0.1) is 7.11 Å². The zero-order chi connectivity index (χ0) is 22.4. The molecule has 160 valence electrons. The van der Waals surface area contributed by atoms with E-state index in [4.69, 9.17) is 9.47 Å². The Kier molecular flexibility index (Phi) is 7.32. The number of rotatable bonds is 5. The van der Waals surface area contributed by atoms with Gasteiger partial charge in [-0.2, -0.15) is 5.26 Å². The highest BCUT2D eigenvalue weighted by atomic mass is 79.9. The van der Waals surface area contributed by atoms with Gasteiger partial charge in [0.1, 0.15) is 11.6 Å². The van der Waals surface area contributed by atoms with E-state index < -0.39 is 5.97 Å². The van der Waals surface area contributed by atoms with E-state index in [1.807, 2.05) is 36.4 Å². The first-order valence-corrected chi connectivity index (χ1v) is 10.5. The average molecular weight is 484 g/mol. The van der Waals surface area contributed by atoms with Gasteiger partial charge in [0.2, 0.25) is 0 Å². The number of para-hydroxylation sites is 1. The number of nitriles is 1. The van der Waals surface area contributed by atoms with Crippen molar-refractivity contribution in [2.45, 2.75) is 6.92 Å². The molecular weight excluding hydrogens is 462 g/mol. The van der Waals surface area contributed by atoms with Crippen molar-refractivity contribution in [2.24, 2.45) is 0 Å². The van der Waals surface area contributed by atoms with Crippen molar-refractivity contribution in [3.05, 3.63) is 58.1 Å². The van der Waals surface area contributed by atoms with Crippen molar-refractivity contribution in [3.8, 4) is 17.6 Å². The number of hydrogen-bond acceptors (Lipinski definition) is 6. The summed E-state index contributed by atoms with van der Waals surface area (Å²) in [5.74, 6) is -0.215. The molecule has 2 aromatic carbocycles. The van der Waals surface area contributed by atoms with Crippen LogP contribution in [0, 0.1) is 11.3 Å². The van der Waals surface area contributed by atoms with Crippen LogP contribution in [0.15, 0.2) is 52.5 Å².